The smallest absolute Gasteiger partial charge is 0.243 e. The van der Waals surface area contributed by atoms with Crippen molar-refractivity contribution in [1.82, 2.24) is 9.21 Å². The molecule has 1 unspecified atom stereocenters. The first-order valence-electron chi connectivity index (χ1n) is 7.30. The summed E-state index contributed by atoms with van der Waals surface area (Å²) in [5, 5.41) is 0. The van der Waals surface area contributed by atoms with Gasteiger partial charge in [0.2, 0.25) is 10.0 Å². The highest BCUT2D eigenvalue weighted by Crippen LogP contribution is 2.20. The first-order valence-corrected chi connectivity index (χ1v) is 9.28. The lowest BCUT2D eigenvalue weighted by Crippen LogP contribution is -2.51. The molecular formula is C15H23ClN2O2S. The van der Waals surface area contributed by atoms with Crippen molar-refractivity contribution in [2.45, 2.75) is 30.7 Å². The van der Waals surface area contributed by atoms with Crippen molar-refractivity contribution in [2.75, 3.05) is 32.6 Å². The standard InChI is InChI=1S/C15H23ClN2O2S/c1-13-12-18(11-10-17(13)2)21(19,20)15-7-5-14(6-8-15)4-3-9-16/h5-8,13H,3-4,9-12H2,1-2H3. The summed E-state index contributed by atoms with van der Waals surface area (Å²) in [5.74, 6) is 0.624. The number of halogens is 1. The van der Waals surface area contributed by atoms with Gasteiger partial charge in [0, 0.05) is 31.6 Å². The van der Waals surface area contributed by atoms with Crippen LogP contribution in [0.5, 0.6) is 0 Å². The van der Waals surface area contributed by atoms with Crippen LogP contribution in [0.3, 0.4) is 0 Å². The van der Waals surface area contributed by atoms with E-state index in [1.807, 2.05) is 19.2 Å². The molecule has 118 valence electrons. The predicted molar refractivity (Wildman–Crippen MR) is 86.3 cm³/mol. The van der Waals surface area contributed by atoms with Crippen LogP contribution < -0.4 is 0 Å². The van der Waals surface area contributed by atoms with Gasteiger partial charge in [-0.1, -0.05) is 12.1 Å². The van der Waals surface area contributed by atoms with Crippen LogP contribution in [0.4, 0.5) is 0 Å². The lowest BCUT2D eigenvalue weighted by Gasteiger charge is -2.36. The Labute approximate surface area is 132 Å². The minimum absolute atomic E-state index is 0.247. The highest BCUT2D eigenvalue weighted by molar-refractivity contribution is 7.89. The zero-order valence-electron chi connectivity index (χ0n) is 12.6. The summed E-state index contributed by atoms with van der Waals surface area (Å²) in [6, 6.07) is 7.44. The van der Waals surface area contributed by atoms with Crippen molar-refractivity contribution >= 4 is 21.6 Å². The monoisotopic (exact) mass is 330 g/mol. The fraction of sp³-hybridized carbons (Fsp3) is 0.600. The maximum absolute atomic E-state index is 12.7. The largest absolute Gasteiger partial charge is 0.301 e. The lowest BCUT2D eigenvalue weighted by molar-refractivity contribution is 0.159. The second-order valence-electron chi connectivity index (χ2n) is 5.63. The quantitative estimate of drug-likeness (QED) is 0.777. The molecule has 1 aliphatic rings. The van der Waals surface area contributed by atoms with E-state index in [4.69, 9.17) is 11.6 Å². The van der Waals surface area contributed by atoms with E-state index in [0.29, 0.717) is 23.9 Å². The summed E-state index contributed by atoms with van der Waals surface area (Å²) in [5.41, 5.74) is 1.13. The van der Waals surface area contributed by atoms with Crippen LogP contribution in [0.2, 0.25) is 0 Å². The number of rotatable bonds is 5. The summed E-state index contributed by atoms with van der Waals surface area (Å²) in [6.45, 7) is 3.93. The molecule has 1 atom stereocenters. The molecule has 0 aliphatic carbocycles. The molecule has 1 fully saturated rings. The van der Waals surface area contributed by atoms with Crippen LogP contribution in [-0.4, -0.2) is 56.2 Å². The van der Waals surface area contributed by atoms with Crippen molar-refractivity contribution in [1.29, 1.82) is 0 Å². The Kier molecular flexibility index (Phi) is 5.66. The Morgan fingerprint density at radius 3 is 2.48 bits per heavy atom. The Morgan fingerprint density at radius 2 is 1.90 bits per heavy atom. The zero-order chi connectivity index (χ0) is 15.5. The minimum Gasteiger partial charge on any atom is -0.301 e. The van der Waals surface area contributed by atoms with E-state index in [1.54, 1.807) is 16.4 Å². The van der Waals surface area contributed by atoms with Crippen LogP contribution >= 0.6 is 11.6 Å². The van der Waals surface area contributed by atoms with E-state index in [2.05, 4.69) is 11.8 Å². The molecule has 0 radical (unpaired) electrons. The average Bonchev–Trinajstić information content (AvgIpc) is 2.48. The molecular weight excluding hydrogens is 308 g/mol. The van der Waals surface area contributed by atoms with E-state index in [9.17, 15) is 8.42 Å². The van der Waals surface area contributed by atoms with Crippen LogP contribution in [0.25, 0.3) is 0 Å². The average molecular weight is 331 g/mol. The highest BCUT2D eigenvalue weighted by atomic mass is 35.5. The first kappa shape index (κ1) is 16.7. The third kappa shape index (κ3) is 3.97. The van der Waals surface area contributed by atoms with Gasteiger partial charge < -0.3 is 4.90 Å². The molecule has 1 aromatic rings. The minimum atomic E-state index is -3.38. The number of likely N-dealkylation sites (N-methyl/N-ethyl adjacent to an activating group) is 1. The van der Waals surface area contributed by atoms with Crippen LogP contribution in [0.15, 0.2) is 29.2 Å². The molecule has 2 rings (SSSR count). The number of alkyl halides is 1. The Bertz CT molecular complexity index is 560. The van der Waals surface area contributed by atoms with Gasteiger partial charge in [0.25, 0.3) is 0 Å². The molecule has 6 heteroatoms. The number of nitrogens with zero attached hydrogens (tertiary/aromatic N) is 2. The number of aryl methyl sites for hydroxylation is 1. The van der Waals surface area contributed by atoms with Gasteiger partial charge in [-0.2, -0.15) is 4.31 Å². The summed E-state index contributed by atoms with van der Waals surface area (Å²) in [7, 11) is -1.35. The van der Waals surface area contributed by atoms with Gasteiger partial charge in [0.05, 0.1) is 4.90 Å². The number of hydrogen-bond acceptors (Lipinski definition) is 3. The molecule has 1 heterocycles. The van der Waals surface area contributed by atoms with Gasteiger partial charge in [-0.15, -0.1) is 11.6 Å². The van der Waals surface area contributed by atoms with Gasteiger partial charge in [-0.05, 0) is 44.5 Å². The molecule has 0 aromatic heterocycles. The molecule has 0 spiro atoms. The van der Waals surface area contributed by atoms with Crippen molar-refractivity contribution in [3.63, 3.8) is 0 Å². The maximum atomic E-state index is 12.7. The van der Waals surface area contributed by atoms with E-state index in [0.717, 1.165) is 24.9 Å². The molecule has 0 saturated carbocycles. The van der Waals surface area contributed by atoms with Crippen molar-refractivity contribution < 1.29 is 8.42 Å². The van der Waals surface area contributed by atoms with Gasteiger partial charge in [-0.3, -0.25) is 0 Å². The second kappa shape index (κ2) is 7.09. The molecule has 1 aromatic carbocycles. The molecule has 0 N–H and O–H groups in total. The summed E-state index contributed by atoms with van der Waals surface area (Å²) in [6.07, 6.45) is 1.79. The third-order valence-electron chi connectivity index (χ3n) is 4.08. The molecule has 1 aliphatic heterocycles. The summed E-state index contributed by atoms with van der Waals surface area (Å²) < 4.78 is 26.9. The number of piperazine rings is 1. The Balaban J connectivity index is 2.12. The molecule has 21 heavy (non-hydrogen) atoms. The summed E-state index contributed by atoms with van der Waals surface area (Å²) in [4.78, 5) is 2.57. The van der Waals surface area contributed by atoms with Crippen molar-refractivity contribution in [3.8, 4) is 0 Å². The Hall–Kier alpha value is -0.620. The fourth-order valence-corrected chi connectivity index (χ4v) is 4.13. The number of benzene rings is 1. The molecule has 0 bridgehead atoms. The van der Waals surface area contributed by atoms with Gasteiger partial charge in [-0.25, -0.2) is 8.42 Å². The lowest BCUT2D eigenvalue weighted by atomic mass is 10.1. The first-order chi connectivity index (χ1) is 9.95. The number of sulfonamides is 1. The summed E-state index contributed by atoms with van der Waals surface area (Å²) >= 11 is 5.68. The number of hydrogen-bond donors (Lipinski definition) is 0. The van der Waals surface area contributed by atoms with Gasteiger partial charge in [0.15, 0.2) is 0 Å². The maximum Gasteiger partial charge on any atom is 0.243 e. The molecule has 1 saturated heterocycles. The molecule has 0 amide bonds. The second-order valence-corrected chi connectivity index (χ2v) is 7.95. The van der Waals surface area contributed by atoms with Crippen molar-refractivity contribution in [2.24, 2.45) is 0 Å². The fourth-order valence-electron chi connectivity index (χ4n) is 2.48. The van der Waals surface area contributed by atoms with E-state index < -0.39 is 10.0 Å². The van der Waals surface area contributed by atoms with Crippen molar-refractivity contribution in [3.05, 3.63) is 29.8 Å². The van der Waals surface area contributed by atoms with Crippen LogP contribution in [-0.2, 0) is 16.4 Å². The van der Waals surface area contributed by atoms with E-state index >= 15 is 0 Å². The SMILES string of the molecule is CC1CN(S(=O)(=O)c2ccc(CCCCl)cc2)CCN1C. The Morgan fingerprint density at radius 1 is 1.24 bits per heavy atom. The highest BCUT2D eigenvalue weighted by Gasteiger charge is 2.30. The molecule has 4 nitrogen and oxygen atoms in total. The van der Waals surface area contributed by atoms with E-state index in [1.165, 1.54) is 0 Å². The van der Waals surface area contributed by atoms with Crippen LogP contribution in [0.1, 0.15) is 18.9 Å². The zero-order valence-corrected chi connectivity index (χ0v) is 14.2. The predicted octanol–water partition coefficient (Wildman–Crippen LogP) is 2.18. The van der Waals surface area contributed by atoms with Gasteiger partial charge >= 0.3 is 0 Å². The van der Waals surface area contributed by atoms with Crippen LogP contribution in [0, 0.1) is 0 Å². The van der Waals surface area contributed by atoms with E-state index in [-0.39, 0.29) is 6.04 Å². The third-order valence-corrected chi connectivity index (χ3v) is 6.23. The topological polar surface area (TPSA) is 40.6 Å². The van der Waals surface area contributed by atoms with Gasteiger partial charge in [0.1, 0.15) is 0 Å². The normalized spacial score (nSPS) is 21.6.